The molecule has 0 aliphatic rings. The summed E-state index contributed by atoms with van der Waals surface area (Å²) in [6.45, 7) is 30.2. The van der Waals surface area contributed by atoms with Crippen molar-refractivity contribution < 1.29 is 0 Å². The molecule has 0 atom stereocenters. The number of nitrogens with zero attached hydrogens (tertiary/aromatic N) is 6. The van der Waals surface area contributed by atoms with Crippen molar-refractivity contribution in [3.8, 4) is 0 Å². The minimum Gasteiger partial charge on any atom is -0.264 e. The highest BCUT2D eigenvalue weighted by Gasteiger charge is 1.99. The van der Waals surface area contributed by atoms with Gasteiger partial charge in [-0.25, -0.2) is 0 Å². The molecule has 2 aromatic carbocycles. The average Bonchev–Trinajstić information content (AvgIpc) is 3.32. The van der Waals surface area contributed by atoms with Gasteiger partial charge in [-0.2, -0.15) is 0 Å². The largest absolute Gasteiger partial charge is 0.264 e. The van der Waals surface area contributed by atoms with Crippen molar-refractivity contribution in [2.45, 2.75) is 138 Å². The van der Waals surface area contributed by atoms with Gasteiger partial charge in [0.05, 0.1) is 5.69 Å². The van der Waals surface area contributed by atoms with Gasteiger partial charge in [0, 0.05) is 66.7 Å². The minimum absolute atomic E-state index is 0.485. The van der Waals surface area contributed by atoms with Gasteiger partial charge in [0.2, 0.25) is 0 Å². The molecular weight excluding hydrogens is 769 g/mol. The van der Waals surface area contributed by atoms with Crippen LogP contribution in [0.3, 0.4) is 0 Å². The van der Waals surface area contributed by atoms with Gasteiger partial charge in [0.15, 0.2) is 0 Å². The Bertz CT molecular complexity index is 1590. The third kappa shape index (κ3) is 26.9. The Balaban J connectivity index is 0.000000367. The fourth-order valence-electron chi connectivity index (χ4n) is 5.15. The Morgan fingerprint density at radius 1 is 0.238 bits per heavy atom. The van der Waals surface area contributed by atoms with Crippen molar-refractivity contribution in [1.82, 2.24) is 29.9 Å². The van der Waals surface area contributed by atoms with Crippen LogP contribution in [0.25, 0.3) is 0 Å². The maximum atomic E-state index is 4.18. The Kier molecular flexibility index (Phi) is 29.5. The first-order chi connectivity index (χ1) is 30.1. The topological polar surface area (TPSA) is 77.3 Å². The summed E-state index contributed by atoms with van der Waals surface area (Å²) in [7, 11) is 0. The van der Waals surface area contributed by atoms with Gasteiger partial charge in [0.1, 0.15) is 0 Å². The zero-order valence-corrected chi connectivity index (χ0v) is 41.0. The van der Waals surface area contributed by atoms with E-state index in [0.717, 1.165) is 22.8 Å². The van der Waals surface area contributed by atoms with Gasteiger partial charge >= 0.3 is 0 Å². The molecule has 336 valence electrons. The molecule has 0 N–H and O–H groups in total. The zero-order valence-electron chi connectivity index (χ0n) is 41.0. The van der Waals surface area contributed by atoms with Crippen LogP contribution < -0.4 is 0 Å². The van der Waals surface area contributed by atoms with E-state index in [9.17, 15) is 0 Å². The molecule has 0 saturated heterocycles. The van der Waals surface area contributed by atoms with Crippen LogP contribution in [-0.4, -0.2) is 29.9 Å². The lowest BCUT2D eigenvalue weighted by Crippen LogP contribution is -1.91. The Morgan fingerprint density at radius 2 is 0.556 bits per heavy atom. The molecule has 0 fully saturated rings. The van der Waals surface area contributed by atoms with Crippen LogP contribution in [-0.2, 0) is 0 Å². The second kappa shape index (κ2) is 33.7. The standard InChI is InChI=1S/2C9H12.4C8H11N.C7H10N2/c2*1-8(2)9-6-4-3-5-7-9;1-7(2)8-4-3-5-9-6-8;3*1-7(2)8-5-3-4-6-9-8;1-6(2)7-5-8-3-4-9-7/h2*3-8H,1-2H3;4*3-7H,1-2H3;3-6H,1-2H3. The molecule has 0 spiro atoms. The fourth-order valence-corrected chi connectivity index (χ4v) is 5.15. The molecule has 0 aliphatic carbocycles. The third-order valence-electron chi connectivity index (χ3n) is 9.30. The summed E-state index contributed by atoms with van der Waals surface area (Å²) >= 11 is 0. The van der Waals surface area contributed by atoms with Gasteiger partial charge < -0.3 is 0 Å². The third-order valence-corrected chi connectivity index (χ3v) is 9.30. The van der Waals surface area contributed by atoms with Crippen molar-refractivity contribution in [3.63, 3.8) is 0 Å². The Labute approximate surface area is 383 Å². The predicted octanol–water partition coefficient (Wildman–Crippen LogP) is 16.0. The summed E-state index contributed by atoms with van der Waals surface area (Å²) in [5.74, 6) is 4.04. The SMILES string of the molecule is CC(C)c1ccccc1.CC(C)c1ccccc1.CC(C)c1ccccn1.CC(C)c1ccccn1.CC(C)c1ccccn1.CC(C)c1cccnc1.CC(C)c1cnccn1. The van der Waals surface area contributed by atoms with Crippen LogP contribution in [0.4, 0.5) is 0 Å². The van der Waals surface area contributed by atoms with E-state index in [1.165, 1.54) is 16.7 Å². The lowest BCUT2D eigenvalue weighted by atomic mass is 10.0. The van der Waals surface area contributed by atoms with Crippen LogP contribution >= 0.6 is 0 Å². The summed E-state index contributed by atoms with van der Waals surface area (Å²) in [4.78, 5) is 24.6. The molecule has 5 heterocycles. The molecule has 6 heteroatoms. The maximum absolute atomic E-state index is 4.18. The minimum atomic E-state index is 0.485. The summed E-state index contributed by atoms with van der Waals surface area (Å²) in [6, 6.07) is 43.1. The molecule has 0 unspecified atom stereocenters. The average molecular weight is 847 g/mol. The summed E-state index contributed by atoms with van der Waals surface area (Å²) in [5.41, 5.74) is 8.68. The van der Waals surface area contributed by atoms with Crippen molar-refractivity contribution >= 4 is 0 Å². The summed E-state index contributed by atoms with van der Waals surface area (Å²) in [5, 5.41) is 0. The normalized spacial score (nSPS) is 10.1. The van der Waals surface area contributed by atoms with Crippen LogP contribution in [0.5, 0.6) is 0 Å². The monoisotopic (exact) mass is 847 g/mol. The number of hydrogen-bond acceptors (Lipinski definition) is 6. The number of aromatic nitrogens is 6. The molecule has 7 rings (SSSR count). The predicted molar refractivity (Wildman–Crippen MR) is 270 cm³/mol. The van der Waals surface area contributed by atoms with Crippen LogP contribution in [0, 0.1) is 0 Å². The summed E-state index contributed by atoms with van der Waals surface area (Å²) in [6.07, 6.45) is 14.4. The Morgan fingerprint density at radius 3 is 0.746 bits per heavy atom. The Hall–Kier alpha value is -5.88. The molecule has 0 saturated carbocycles. The molecule has 0 bridgehead atoms. The van der Waals surface area contributed by atoms with E-state index >= 15 is 0 Å². The number of rotatable bonds is 7. The molecule has 0 aliphatic heterocycles. The molecule has 0 radical (unpaired) electrons. The zero-order chi connectivity index (χ0) is 46.8. The van der Waals surface area contributed by atoms with Crippen LogP contribution in [0.2, 0.25) is 0 Å². The van der Waals surface area contributed by atoms with Crippen molar-refractivity contribution in [1.29, 1.82) is 0 Å². The second-order valence-corrected chi connectivity index (χ2v) is 17.1. The molecular formula is C57H78N6. The smallest absolute Gasteiger partial charge is 0.0612 e. The first-order valence-electron chi connectivity index (χ1n) is 22.6. The molecule has 0 amide bonds. The molecule has 63 heavy (non-hydrogen) atoms. The van der Waals surface area contributed by atoms with Crippen molar-refractivity contribution in [2.75, 3.05) is 0 Å². The van der Waals surface area contributed by atoms with Crippen molar-refractivity contribution in [2.24, 2.45) is 0 Å². The lowest BCUT2D eigenvalue weighted by Gasteiger charge is -2.01. The van der Waals surface area contributed by atoms with E-state index in [4.69, 9.17) is 0 Å². The lowest BCUT2D eigenvalue weighted by molar-refractivity contribution is 0.812. The highest BCUT2D eigenvalue weighted by atomic mass is 14.8. The number of hydrogen-bond donors (Lipinski definition) is 0. The summed E-state index contributed by atoms with van der Waals surface area (Å²) < 4.78 is 0. The van der Waals surface area contributed by atoms with E-state index in [0.29, 0.717) is 41.4 Å². The van der Waals surface area contributed by atoms with Gasteiger partial charge in [-0.1, -0.05) is 182 Å². The molecule has 5 aromatic heterocycles. The molecule has 6 nitrogen and oxygen atoms in total. The molecule has 7 aromatic rings. The van der Waals surface area contributed by atoms with Crippen molar-refractivity contribution in [3.05, 3.63) is 216 Å². The van der Waals surface area contributed by atoms with E-state index in [1.54, 1.807) is 24.8 Å². The maximum Gasteiger partial charge on any atom is 0.0612 e. The highest BCUT2D eigenvalue weighted by Crippen LogP contribution is 2.14. The van der Waals surface area contributed by atoms with Crippen LogP contribution in [0.15, 0.2) is 177 Å². The fraction of sp³-hybridized carbons (Fsp3) is 0.368. The quantitative estimate of drug-likeness (QED) is 0.159. The van der Waals surface area contributed by atoms with E-state index in [1.807, 2.05) is 97.6 Å². The number of benzene rings is 2. The first-order valence-corrected chi connectivity index (χ1v) is 22.6. The van der Waals surface area contributed by atoms with E-state index in [-0.39, 0.29) is 0 Å². The second-order valence-electron chi connectivity index (χ2n) is 17.1. The van der Waals surface area contributed by atoms with Gasteiger partial charge in [-0.3, -0.25) is 29.9 Å². The van der Waals surface area contributed by atoms with Crippen LogP contribution in [0.1, 0.15) is 178 Å². The first kappa shape index (κ1) is 55.1. The highest BCUT2D eigenvalue weighted by molar-refractivity contribution is 5.18. The van der Waals surface area contributed by atoms with Gasteiger partial charge in [-0.05, 0) is 101 Å². The van der Waals surface area contributed by atoms with Gasteiger partial charge in [-0.15, -0.1) is 0 Å². The van der Waals surface area contributed by atoms with E-state index in [2.05, 4.69) is 181 Å². The van der Waals surface area contributed by atoms with Gasteiger partial charge in [0.25, 0.3) is 0 Å². The number of pyridine rings is 4. The van der Waals surface area contributed by atoms with E-state index < -0.39 is 0 Å².